The van der Waals surface area contributed by atoms with Crippen LogP contribution < -0.4 is 4.90 Å². The first kappa shape index (κ1) is 18.1. The van der Waals surface area contributed by atoms with E-state index in [4.69, 9.17) is 26.1 Å². The second-order valence-corrected chi connectivity index (χ2v) is 9.21. The van der Waals surface area contributed by atoms with Crippen molar-refractivity contribution in [1.29, 1.82) is 0 Å². The van der Waals surface area contributed by atoms with Crippen LogP contribution in [0.25, 0.3) is 10.1 Å². The quantitative estimate of drug-likeness (QED) is 0.773. The van der Waals surface area contributed by atoms with Crippen LogP contribution in [0.2, 0.25) is 4.34 Å². The zero-order chi connectivity index (χ0) is 18.2. The van der Waals surface area contributed by atoms with E-state index in [-0.39, 0.29) is 0 Å². The number of fused-ring (bicyclic) bond motifs is 1. The molecule has 3 fully saturated rings. The van der Waals surface area contributed by atoms with E-state index in [0.29, 0.717) is 6.04 Å². The molecule has 27 heavy (non-hydrogen) atoms. The molecular formula is C19H25ClN4O2S. The van der Waals surface area contributed by atoms with Gasteiger partial charge in [-0.05, 0) is 12.1 Å². The van der Waals surface area contributed by atoms with E-state index < -0.39 is 0 Å². The highest BCUT2D eigenvalue weighted by atomic mass is 35.5. The van der Waals surface area contributed by atoms with Gasteiger partial charge in [0.2, 0.25) is 0 Å². The molecular weight excluding hydrogens is 384 g/mol. The Kier molecular flexibility index (Phi) is 5.23. The van der Waals surface area contributed by atoms with Crippen LogP contribution in [0.1, 0.15) is 5.69 Å². The van der Waals surface area contributed by atoms with Crippen molar-refractivity contribution in [2.24, 2.45) is 0 Å². The van der Waals surface area contributed by atoms with Crippen molar-refractivity contribution >= 4 is 38.8 Å². The number of hydrogen-bond acceptors (Lipinski definition) is 7. The van der Waals surface area contributed by atoms with Crippen molar-refractivity contribution < 1.29 is 9.47 Å². The van der Waals surface area contributed by atoms with Crippen molar-refractivity contribution in [2.75, 3.05) is 70.6 Å². The van der Waals surface area contributed by atoms with Crippen molar-refractivity contribution in [3.8, 4) is 0 Å². The monoisotopic (exact) mass is 408 g/mol. The van der Waals surface area contributed by atoms with Crippen LogP contribution in [0.5, 0.6) is 0 Å². The fourth-order valence-electron chi connectivity index (χ4n) is 4.21. The minimum absolute atomic E-state index is 0.674. The Morgan fingerprint density at radius 1 is 1.04 bits per heavy atom. The number of aromatic nitrogens is 1. The molecule has 0 bridgehead atoms. The maximum atomic E-state index is 6.32. The third-order valence-corrected chi connectivity index (χ3v) is 6.93. The van der Waals surface area contributed by atoms with E-state index in [0.717, 1.165) is 88.1 Å². The Bertz CT molecular complexity index is 798. The second kappa shape index (κ2) is 7.81. The van der Waals surface area contributed by atoms with E-state index in [1.54, 1.807) is 11.3 Å². The van der Waals surface area contributed by atoms with Crippen molar-refractivity contribution in [3.63, 3.8) is 0 Å². The number of halogens is 1. The molecule has 0 atom stereocenters. The number of ether oxygens (including phenoxy) is 2. The number of likely N-dealkylation sites (tertiary alicyclic amines) is 1. The van der Waals surface area contributed by atoms with Gasteiger partial charge in [0.25, 0.3) is 0 Å². The number of nitrogens with zero attached hydrogens (tertiary/aromatic N) is 4. The van der Waals surface area contributed by atoms with Crippen molar-refractivity contribution in [2.45, 2.75) is 12.6 Å². The van der Waals surface area contributed by atoms with Crippen LogP contribution in [0, 0.1) is 0 Å². The highest BCUT2D eigenvalue weighted by Gasteiger charge is 2.32. The van der Waals surface area contributed by atoms with Gasteiger partial charge in [-0.2, -0.15) is 0 Å². The molecule has 8 heteroatoms. The molecule has 0 saturated carbocycles. The molecule has 2 aromatic rings. The highest BCUT2D eigenvalue weighted by Crippen LogP contribution is 2.36. The van der Waals surface area contributed by atoms with E-state index in [2.05, 4.69) is 26.8 Å². The maximum absolute atomic E-state index is 6.32. The summed E-state index contributed by atoms with van der Waals surface area (Å²) in [6.07, 6.45) is 0. The van der Waals surface area contributed by atoms with Crippen molar-refractivity contribution in [1.82, 2.24) is 14.8 Å². The van der Waals surface area contributed by atoms with Gasteiger partial charge in [-0.15, -0.1) is 11.3 Å². The van der Waals surface area contributed by atoms with Gasteiger partial charge in [0.1, 0.15) is 5.82 Å². The lowest BCUT2D eigenvalue weighted by Gasteiger charge is -2.46. The maximum Gasteiger partial charge on any atom is 0.137 e. The van der Waals surface area contributed by atoms with Crippen LogP contribution in [-0.2, 0) is 16.0 Å². The lowest BCUT2D eigenvalue weighted by molar-refractivity contribution is -0.0347. The van der Waals surface area contributed by atoms with E-state index >= 15 is 0 Å². The minimum atomic E-state index is 0.674. The zero-order valence-electron chi connectivity index (χ0n) is 15.4. The fraction of sp³-hybridized carbons (Fsp3) is 0.632. The van der Waals surface area contributed by atoms with Crippen LogP contribution in [-0.4, -0.2) is 86.5 Å². The van der Waals surface area contributed by atoms with E-state index in [1.807, 2.05) is 0 Å². The normalized spacial score (nSPS) is 23.1. The molecule has 0 unspecified atom stereocenters. The van der Waals surface area contributed by atoms with Gasteiger partial charge >= 0.3 is 0 Å². The van der Waals surface area contributed by atoms with Crippen LogP contribution >= 0.6 is 22.9 Å². The molecule has 5 rings (SSSR count). The number of hydrogen-bond donors (Lipinski definition) is 0. The molecule has 6 nitrogen and oxygen atoms in total. The summed E-state index contributed by atoms with van der Waals surface area (Å²) in [4.78, 5) is 12.4. The van der Waals surface area contributed by atoms with Crippen LogP contribution in [0.3, 0.4) is 0 Å². The number of rotatable bonds is 4. The smallest absolute Gasteiger partial charge is 0.137 e. The van der Waals surface area contributed by atoms with Crippen LogP contribution in [0.15, 0.2) is 12.1 Å². The Morgan fingerprint density at radius 2 is 1.74 bits per heavy atom. The van der Waals surface area contributed by atoms with Gasteiger partial charge in [-0.25, -0.2) is 4.98 Å². The van der Waals surface area contributed by atoms with Crippen LogP contribution in [0.4, 0.5) is 5.82 Å². The Hall–Kier alpha value is -0.960. The highest BCUT2D eigenvalue weighted by molar-refractivity contribution is 7.22. The van der Waals surface area contributed by atoms with Crippen molar-refractivity contribution in [3.05, 3.63) is 22.2 Å². The molecule has 0 N–H and O–H groups in total. The number of morpholine rings is 2. The topological polar surface area (TPSA) is 41.1 Å². The Balaban J connectivity index is 1.31. The standard InChI is InChI=1S/C19H25ClN4O2S/c20-18-10-16-17(27-18)9-14(21-19(16)24-3-7-26-8-4-24)11-22-12-15(13-22)23-1-5-25-6-2-23/h9-10,15H,1-8,11-13H2. The summed E-state index contributed by atoms with van der Waals surface area (Å²) in [5, 5.41) is 1.17. The largest absolute Gasteiger partial charge is 0.379 e. The Labute approximate surface area is 168 Å². The van der Waals surface area contributed by atoms with Gasteiger partial charge in [-0.1, -0.05) is 11.6 Å². The fourth-order valence-corrected chi connectivity index (χ4v) is 5.41. The Morgan fingerprint density at radius 3 is 2.48 bits per heavy atom. The molecule has 0 spiro atoms. The van der Waals surface area contributed by atoms with Gasteiger partial charge in [0, 0.05) is 61.9 Å². The summed E-state index contributed by atoms with van der Waals surface area (Å²) >= 11 is 7.96. The third-order valence-electron chi connectivity index (χ3n) is 5.72. The summed E-state index contributed by atoms with van der Waals surface area (Å²) in [6.45, 7) is 10.3. The predicted molar refractivity (Wildman–Crippen MR) is 109 cm³/mol. The summed E-state index contributed by atoms with van der Waals surface area (Å²) in [6, 6.07) is 4.95. The number of pyridine rings is 1. The number of anilines is 1. The van der Waals surface area contributed by atoms with E-state index in [1.165, 1.54) is 10.1 Å². The molecule has 146 valence electrons. The molecule has 0 aromatic carbocycles. The van der Waals surface area contributed by atoms with Gasteiger partial charge in [0.05, 0.1) is 36.5 Å². The molecule has 3 aliphatic heterocycles. The molecule has 3 aliphatic rings. The van der Waals surface area contributed by atoms with Gasteiger partial charge < -0.3 is 14.4 Å². The lowest BCUT2D eigenvalue weighted by atomic mass is 10.1. The van der Waals surface area contributed by atoms with Gasteiger partial charge in [-0.3, -0.25) is 9.80 Å². The molecule has 0 aliphatic carbocycles. The average molecular weight is 409 g/mol. The third kappa shape index (κ3) is 3.81. The summed E-state index contributed by atoms with van der Waals surface area (Å²) in [5.74, 6) is 1.07. The zero-order valence-corrected chi connectivity index (χ0v) is 17.0. The minimum Gasteiger partial charge on any atom is -0.379 e. The molecule has 0 radical (unpaired) electrons. The summed E-state index contributed by atoms with van der Waals surface area (Å²) in [7, 11) is 0. The first-order valence-electron chi connectivity index (χ1n) is 9.72. The molecule has 3 saturated heterocycles. The number of thiophene rings is 1. The first-order valence-corrected chi connectivity index (χ1v) is 10.9. The molecule has 2 aromatic heterocycles. The second-order valence-electron chi connectivity index (χ2n) is 7.50. The van der Waals surface area contributed by atoms with Gasteiger partial charge in [0.15, 0.2) is 0 Å². The SMILES string of the molecule is Clc1cc2c(N3CCOCC3)nc(CN3CC(N4CCOCC4)C3)cc2s1. The van der Waals surface area contributed by atoms with E-state index in [9.17, 15) is 0 Å². The average Bonchev–Trinajstić information content (AvgIpc) is 3.05. The molecule has 5 heterocycles. The predicted octanol–water partition coefficient (Wildman–Crippen LogP) is 2.30. The summed E-state index contributed by atoms with van der Waals surface area (Å²) in [5.41, 5.74) is 1.14. The summed E-state index contributed by atoms with van der Waals surface area (Å²) < 4.78 is 13.0. The molecule has 0 amide bonds. The first-order chi connectivity index (χ1) is 13.3. The lowest BCUT2D eigenvalue weighted by Crippen LogP contribution is -2.60.